The van der Waals surface area contributed by atoms with Crippen LogP contribution in [0.25, 0.3) is 0 Å². The Morgan fingerprint density at radius 3 is 2.56 bits per heavy atom. The van der Waals surface area contributed by atoms with Gasteiger partial charge in [0.05, 0.1) is 32.3 Å². The van der Waals surface area contributed by atoms with Gasteiger partial charge in [0.15, 0.2) is 0 Å². The molecule has 0 amide bonds. The minimum Gasteiger partial charge on any atom is -0.411 e. The first-order valence-corrected chi connectivity index (χ1v) is 6.40. The molecule has 0 aliphatic heterocycles. The van der Waals surface area contributed by atoms with Crippen LogP contribution in [0, 0.1) is 29.1 Å². The SMILES string of the molecule is C[C@H]1[C@@H]2C[C@H]([C@H](C[NH+](C)C)/C2=N\O)C1(C)C. The van der Waals surface area contributed by atoms with Gasteiger partial charge in [-0.15, -0.1) is 0 Å². The van der Waals surface area contributed by atoms with Crippen LogP contribution in [0.5, 0.6) is 0 Å². The molecule has 2 rings (SSSR count). The van der Waals surface area contributed by atoms with Crippen LogP contribution < -0.4 is 4.90 Å². The van der Waals surface area contributed by atoms with E-state index >= 15 is 0 Å². The molecule has 2 fully saturated rings. The van der Waals surface area contributed by atoms with E-state index in [1.165, 1.54) is 11.3 Å². The van der Waals surface area contributed by atoms with Gasteiger partial charge in [-0.1, -0.05) is 25.9 Å². The monoisotopic (exact) mass is 225 g/mol. The summed E-state index contributed by atoms with van der Waals surface area (Å²) in [7, 11) is 4.36. The summed E-state index contributed by atoms with van der Waals surface area (Å²) in [5.74, 6) is 2.37. The fourth-order valence-corrected chi connectivity index (χ4v) is 4.01. The number of nitrogens with zero attached hydrogens (tertiary/aromatic N) is 1. The summed E-state index contributed by atoms with van der Waals surface area (Å²) >= 11 is 0. The Kier molecular flexibility index (Phi) is 2.77. The lowest BCUT2D eigenvalue weighted by molar-refractivity contribution is -0.861. The summed E-state index contributed by atoms with van der Waals surface area (Å²) in [6.07, 6.45) is 1.23. The first kappa shape index (κ1) is 11.9. The van der Waals surface area contributed by atoms with Crippen LogP contribution >= 0.6 is 0 Å². The van der Waals surface area contributed by atoms with Gasteiger partial charge in [0.1, 0.15) is 0 Å². The Bertz CT molecular complexity index is 309. The largest absolute Gasteiger partial charge is 0.411 e. The van der Waals surface area contributed by atoms with Gasteiger partial charge in [0.25, 0.3) is 0 Å². The van der Waals surface area contributed by atoms with Crippen molar-refractivity contribution in [2.75, 3.05) is 20.6 Å². The zero-order valence-electron chi connectivity index (χ0n) is 11.1. The van der Waals surface area contributed by atoms with Crippen molar-refractivity contribution in [2.45, 2.75) is 27.2 Å². The Balaban J connectivity index is 2.27. The number of hydrogen-bond acceptors (Lipinski definition) is 2. The molecule has 2 bridgehead atoms. The molecular formula is C13H25N2O+. The second kappa shape index (κ2) is 3.73. The molecule has 0 saturated heterocycles. The van der Waals surface area contributed by atoms with Crippen molar-refractivity contribution in [2.24, 2.45) is 34.2 Å². The molecule has 2 N–H and O–H groups in total. The van der Waals surface area contributed by atoms with E-state index in [1.54, 1.807) is 0 Å². The highest BCUT2D eigenvalue weighted by atomic mass is 16.4. The number of oxime groups is 1. The molecule has 4 atom stereocenters. The molecule has 16 heavy (non-hydrogen) atoms. The van der Waals surface area contributed by atoms with Crippen LogP contribution in [0.4, 0.5) is 0 Å². The molecule has 0 heterocycles. The standard InChI is InChI=1S/C13H24N2O/c1-8-9-6-11(13(8,2)3)10(7-15(4)5)12(9)14-16/h8-11,16H,6-7H2,1-5H3/p+1/b14-12-/t8-,9-,10-,11+/m0/s1. The van der Waals surface area contributed by atoms with Crippen LogP contribution in [0.2, 0.25) is 0 Å². The van der Waals surface area contributed by atoms with E-state index in [4.69, 9.17) is 0 Å². The number of nitrogens with one attached hydrogen (secondary N) is 1. The first-order valence-electron chi connectivity index (χ1n) is 6.40. The average molecular weight is 225 g/mol. The van der Waals surface area contributed by atoms with E-state index in [2.05, 4.69) is 40.0 Å². The van der Waals surface area contributed by atoms with E-state index in [-0.39, 0.29) is 0 Å². The van der Waals surface area contributed by atoms with Crippen molar-refractivity contribution in [1.29, 1.82) is 0 Å². The van der Waals surface area contributed by atoms with Crippen LogP contribution in [-0.4, -0.2) is 31.6 Å². The van der Waals surface area contributed by atoms with Gasteiger partial charge in [-0.3, -0.25) is 0 Å². The quantitative estimate of drug-likeness (QED) is 0.531. The van der Waals surface area contributed by atoms with Crippen LogP contribution in [0.1, 0.15) is 27.2 Å². The zero-order valence-corrected chi connectivity index (χ0v) is 11.1. The van der Waals surface area contributed by atoms with E-state index in [1.807, 2.05) is 0 Å². The zero-order chi connectivity index (χ0) is 12.1. The van der Waals surface area contributed by atoms with Crippen molar-refractivity contribution in [1.82, 2.24) is 0 Å². The molecule has 0 radical (unpaired) electrons. The molecular weight excluding hydrogens is 200 g/mol. The Labute approximate surface area is 98.5 Å². The van der Waals surface area contributed by atoms with Gasteiger partial charge in [-0.25, -0.2) is 0 Å². The van der Waals surface area contributed by atoms with Gasteiger partial charge in [-0.2, -0.15) is 0 Å². The van der Waals surface area contributed by atoms with E-state index in [0.29, 0.717) is 29.1 Å². The maximum absolute atomic E-state index is 9.24. The highest BCUT2D eigenvalue weighted by Gasteiger charge is 2.59. The highest BCUT2D eigenvalue weighted by Crippen LogP contribution is 2.59. The van der Waals surface area contributed by atoms with Gasteiger partial charge in [0.2, 0.25) is 0 Å². The summed E-state index contributed by atoms with van der Waals surface area (Å²) in [5.41, 5.74) is 1.48. The maximum Gasteiger partial charge on any atom is 0.0852 e. The van der Waals surface area contributed by atoms with Crippen LogP contribution in [0.3, 0.4) is 0 Å². The fourth-order valence-electron chi connectivity index (χ4n) is 4.01. The second-order valence-corrected chi connectivity index (χ2v) is 6.60. The van der Waals surface area contributed by atoms with E-state index in [0.717, 1.165) is 12.3 Å². The molecule has 0 aromatic carbocycles. The van der Waals surface area contributed by atoms with Crippen LogP contribution in [0.15, 0.2) is 5.16 Å². The minimum atomic E-state index is 0.402. The summed E-state index contributed by atoms with van der Waals surface area (Å²) < 4.78 is 0. The lowest BCUT2D eigenvalue weighted by Gasteiger charge is -2.40. The molecule has 3 heteroatoms. The summed E-state index contributed by atoms with van der Waals surface area (Å²) in [6.45, 7) is 8.17. The van der Waals surface area contributed by atoms with Gasteiger partial charge < -0.3 is 10.1 Å². The van der Waals surface area contributed by atoms with Gasteiger partial charge in [-0.05, 0) is 23.7 Å². The minimum absolute atomic E-state index is 0.402. The summed E-state index contributed by atoms with van der Waals surface area (Å²) in [4.78, 5) is 1.45. The normalized spacial score (nSPS) is 43.5. The third-order valence-corrected chi connectivity index (χ3v) is 5.23. The maximum atomic E-state index is 9.24. The second-order valence-electron chi connectivity index (χ2n) is 6.60. The molecule has 2 saturated carbocycles. The number of fused-ring (bicyclic) bond motifs is 2. The predicted octanol–water partition coefficient (Wildman–Crippen LogP) is 0.889. The Morgan fingerprint density at radius 2 is 2.06 bits per heavy atom. The van der Waals surface area contributed by atoms with E-state index in [9.17, 15) is 5.21 Å². The molecule has 3 nitrogen and oxygen atoms in total. The highest BCUT2D eigenvalue weighted by molar-refractivity contribution is 5.92. The van der Waals surface area contributed by atoms with Crippen molar-refractivity contribution >= 4 is 5.71 Å². The average Bonchev–Trinajstić information content (AvgIpc) is 2.63. The van der Waals surface area contributed by atoms with Crippen LogP contribution in [-0.2, 0) is 0 Å². The molecule has 0 aromatic rings. The Morgan fingerprint density at radius 1 is 1.44 bits per heavy atom. The molecule has 2 aliphatic rings. The topological polar surface area (TPSA) is 37.0 Å². The fraction of sp³-hybridized carbons (Fsp3) is 0.923. The van der Waals surface area contributed by atoms with Crippen molar-refractivity contribution in [3.05, 3.63) is 0 Å². The lowest BCUT2D eigenvalue weighted by atomic mass is 9.64. The molecule has 2 aliphatic carbocycles. The molecule has 0 aromatic heterocycles. The molecule has 92 valence electrons. The third-order valence-electron chi connectivity index (χ3n) is 5.23. The first-order chi connectivity index (χ1) is 7.39. The smallest absolute Gasteiger partial charge is 0.0852 e. The lowest BCUT2D eigenvalue weighted by Crippen LogP contribution is -3.06. The van der Waals surface area contributed by atoms with E-state index < -0.39 is 0 Å². The predicted molar refractivity (Wildman–Crippen MR) is 64.9 cm³/mol. The Hall–Kier alpha value is -0.570. The van der Waals surface area contributed by atoms with Crippen molar-refractivity contribution < 1.29 is 10.1 Å². The molecule has 0 spiro atoms. The van der Waals surface area contributed by atoms with Gasteiger partial charge in [0, 0.05) is 5.92 Å². The van der Waals surface area contributed by atoms with Gasteiger partial charge >= 0.3 is 0 Å². The third kappa shape index (κ3) is 1.48. The number of hydrogen-bond donors (Lipinski definition) is 2. The molecule has 0 unspecified atom stereocenters. The van der Waals surface area contributed by atoms with Crippen molar-refractivity contribution in [3.63, 3.8) is 0 Å². The van der Waals surface area contributed by atoms with Crippen molar-refractivity contribution in [3.8, 4) is 0 Å². The number of quaternary nitrogens is 1. The summed E-state index contributed by atoms with van der Waals surface area (Å²) in [5, 5.41) is 12.9. The number of rotatable bonds is 2. The summed E-state index contributed by atoms with van der Waals surface area (Å²) in [6, 6.07) is 0.